The normalized spacial score (nSPS) is 13.7. The molecule has 1 aliphatic rings. The number of aliphatic imine (C=N–C) groups is 1. The summed E-state index contributed by atoms with van der Waals surface area (Å²) in [7, 11) is 0. The van der Waals surface area contributed by atoms with E-state index < -0.39 is 0 Å². The first-order valence-electron chi connectivity index (χ1n) is 6.67. The van der Waals surface area contributed by atoms with Crippen LogP contribution in [0, 0.1) is 0 Å². The number of para-hydroxylation sites is 1. The van der Waals surface area contributed by atoms with E-state index in [0.29, 0.717) is 17.5 Å². The Kier molecular flexibility index (Phi) is 4.01. The molecule has 0 atom stereocenters. The van der Waals surface area contributed by atoms with Crippen molar-refractivity contribution in [3.8, 4) is 10.8 Å². The molecule has 110 valence electrons. The van der Waals surface area contributed by atoms with E-state index in [4.69, 9.17) is 4.52 Å². The molecule has 0 radical (unpaired) electrons. The smallest absolute Gasteiger partial charge is 0.268 e. The van der Waals surface area contributed by atoms with Crippen LogP contribution in [0.1, 0.15) is 11.4 Å². The van der Waals surface area contributed by atoms with Gasteiger partial charge in [-0.25, -0.2) is 4.99 Å². The van der Waals surface area contributed by atoms with Gasteiger partial charge < -0.3 is 4.52 Å². The maximum absolute atomic E-state index is 5.29. The number of benzene rings is 1. The molecule has 4 nitrogen and oxygen atoms in total. The molecule has 0 aliphatic carbocycles. The van der Waals surface area contributed by atoms with Gasteiger partial charge in [-0.15, -0.1) is 11.3 Å². The van der Waals surface area contributed by atoms with Gasteiger partial charge in [-0.3, -0.25) is 0 Å². The Hall–Kier alpha value is -1.57. The van der Waals surface area contributed by atoms with Gasteiger partial charge in [-0.05, 0) is 23.1 Å². The average Bonchev–Trinajstić information content (AvgIpc) is 3.24. The molecular formula is C15H11N3OS3. The summed E-state index contributed by atoms with van der Waals surface area (Å²) in [6, 6.07) is 12.2. The fourth-order valence-corrected chi connectivity index (χ4v) is 4.58. The van der Waals surface area contributed by atoms with Crippen LogP contribution in [0.3, 0.4) is 0 Å². The first-order valence-corrected chi connectivity index (χ1v) is 9.52. The number of aromatic nitrogens is 2. The highest BCUT2D eigenvalue weighted by atomic mass is 32.2. The number of hydrogen-bond donors (Lipinski definition) is 0. The van der Waals surface area contributed by atoms with Gasteiger partial charge in [0.2, 0.25) is 0 Å². The van der Waals surface area contributed by atoms with Crippen LogP contribution in [-0.2, 0) is 11.5 Å². The zero-order valence-electron chi connectivity index (χ0n) is 11.4. The van der Waals surface area contributed by atoms with Crippen LogP contribution in [0.5, 0.6) is 0 Å². The fraction of sp³-hybridized carbons (Fsp3) is 0.133. The number of thiophene rings is 1. The Morgan fingerprint density at radius 2 is 2.14 bits per heavy atom. The number of thioether (sulfide) groups is 2. The molecular weight excluding hydrogens is 334 g/mol. The monoisotopic (exact) mass is 345 g/mol. The van der Waals surface area contributed by atoms with Crippen LogP contribution in [-0.4, -0.2) is 14.5 Å². The van der Waals surface area contributed by atoms with Crippen molar-refractivity contribution in [2.45, 2.75) is 11.5 Å². The SMILES string of the molecule is c1csc(-c2nc(CSC3=Nc4ccccc4CS3)no2)c1. The first-order chi connectivity index (χ1) is 10.9. The quantitative estimate of drug-likeness (QED) is 0.671. The molecule has 4 rings (SSSR count). The van der Waals surface area contributed by atoms with Gasteiger partial charge in [0.1, 0.15) is 4.38 Å². The van der Waals surface area contributed by atoms with E-state index in [0.717, 1.165) is 20.7 Å². The number of fused-ring (bicyclic) bond motifs is 1. The minimum Gasteiger partial charge on any atom is -0.333 e. The maximum atomic E-state index is 5.29. The van der Waals surface area contributed by atoms with Crippen LogP contribution in [0.4, 0.5) is 5.69 Å². The Balaban J connectivity index is 1.44. The molecule has 22 heavy (non-hydrogen) atoms. The Bertz CT molecular complexity index is 811. The fourth-order valence-electron chi connectivity index (χ4n) is 2.03. The van der Waals surface area contributed by atoms with Crippen molar-refractivity contribution < 1.29 is 4.52 Å². The summed E-state index contributed by atoms with van der Waals surface area (Å²) in [6.45, 7) is 0. The van der Waals surface area contributed by atoms with Crippen molar-refractivity contribution in [1.29, 1.82) is 0 Å². The lowest BCUT2D eigenvalue weighted by atomic mass is 10.2. The summed E-state index contributed by atoms with van der Waals surface area (Å²) in [4.78, 5) is 10.1. The standard InChI is InChI=1S/C15H11N3OS3/c1-2-5-11-10(4-1)8-21-15(16-11)22-9-13-17-14(19-18-13)12-6-3-7-20-12/h1-7H,8-9H2. The summed E-state index contributed by atoms with van der Waals surface area (Å²) in [6.07, 6.45) is 0. The molecule has 0 N–H and O–H groups in total. The van der Waals surface area contributed by atoms with E-state index in [2.05, 4.69) is 33.3 Å². The van der Waals surface area contributed by atoms with Gasteiger partial charge in [0.25, 0.3) is 5.89 Å². The lowest BCUT2D eigenvalue weighted by Crippen LogP contribution is -1.96. The van der Waals surface area contributed by atoms with Crippen LogP contribution in [0.15, 0.2) is 51.3 Å². The van der Waals surface area contributed by atoms with Crippen LogP contribution in [0.25, 0.3) is 10.8 Å². The highest BCUT2D eigenvalue weighted by molar-refractivity contribution is 8.38. The maximum Gasteiger partial charge on any atom is 0.268 e. The van der Waals surface area contributed by atoms with Crippen molar-refractivity contribution in [3.05, 3.63) is 53.2 Å². The average molecular weight is 345 g/mol. The zero-order valence-corrected chi connectivity index (χ0v) is 13.9. The second-order valence-electron chi connectivity index (χ2n) is 4.58. The Labute approximate surface area is 140 Å². The molecule has 1 aliphatic heterocycles. The summed E-state index contributed by atoms with van der Waals surface area (Å²) in [5.41, 5.74) is 2.35. The topological polar surface area (TPSA) is 51.3 Å². The molecule has 0 bridgehead atoms. The molecule has 0 saturated heterocycles. The third-order valence-electron chi connectivity index (χ3n) is 3.08. The van der Waals surface area contributed by atoms with Gasteiger partial charge in [-0.1, -0.05) is 52.9 Å². The third kappa shape index (κ3) is 2.97. The van der Waals surface area contributed by atoms with E-state index in [1.807, 2.05) is 23.6 Å². The largest absolute Gasteiger partial charge is 0.333 e. The Morgan fingerprint density at radius 1 is 1.18 bits per heavy atom. The van der Waals surface area contributed by atoms with Gasteiger partial charge in [0.05, 0.1) is 16.3 Å². The van der Waals surface area contributed by atoms with Crippen LogP contribution >= 0.6 is 34.9 Å². The van der Waals surface area contributed by atoms with Crippen molar-refractivity contribution >= 4 is 44.9 Å². The van der Waals surface area contributed by atoms with Gasteiger partial charge in [0, 0.05) is 5.75 Å². The summed E-state index contributed by atoms with van der Waals surface area (Å²) in [5.74, 6) is 2.93. The summed E-state index contributed by atoms with van der Waals surface area (Å²) in [5, 5.41) is 6.04. The molecule has 0 spiro atoms. The molecule has 0 unspecified atom stereocenters. The van der Waals surface area contributed by atoms with Crippen molar-refractivity contribution in [2.24, 2.45) is 4.99 Å². The van der Waals surface area contributed by atoms with Crippen molar-refractivity contribution in [2.75, 3.05) is 0 Å². The lowest BCUT2D eigenvalue weighted by Gasteiger charge is -2.13. The van der Waals surface area contributed by atoms with Crippen molar-refractivity contribution in [3.63, 3.8) is 0 Å². The molecule has 0 amide bonds. The predicted molar refractivity (Wildman–Crippen MR) is 93.7 cm³/mol. The Morgan fingerprint density at radius 3 is 3.05 bits per heavy atom. The number of hydrogen-bond acceptors (Lipinski definition) is 7. The van der Waals surface area contributed by atoms with Gasteiger partial charge in [0.15, 0.2) is 5.82 Å². The van der Waals surface area contributed by atoms with E-state index in [1.54, 1.807) is 34.9 Å². The van der Waals surface area contributed by atoms with E-state index in [-0.39, 0.29) is 0 Å². The minimum atomic E-state index is 0.592. The highest BCUT2D eigenvalue weighted by Crippen LogP contribution is 2.35. The van der Waals surface area contributed by atoms with Crippen molar-refractivity contribution in [1.82, 2.24) is 10.1 Å². The molecule has 1 aromatic carbocycles. The lowest BCUT2D eigenvalue weighted by molar-refractivity contribution is 0.426. The first kappa shape index (κ1) is 14.0. The molecule has 2 aromatic heterocycles. The predicted octanol–water partition coefficient (Wildman–Crippen LogP) is 4.97. The van der Waals surface area contributed by atoms with Crippen LogP contribution < -0.4 is 0 Å². The number of nitrogens with zero attached hydrogens (tertiary/aromatic N) is 3. The van der Waals surface area contributed by atoms with Gasteiger partial charge >= 0.3 is 0 Å². The molecule has 0 saturated carbocycles. The van der Waals surface area contributed by atoms with E-state index in [9.17, 15) is 0 Å². The molecule has 3 heterocycles. The second kappa shape index (κ2) is 6.28. The summed E-state index contributed by atoms with van der Waals surface area (Å²) < 4.78 is 6.35. The van der Waals surface area contributed by atoms with Gasteiger partial charge in [-0.2, -0.15) is 4.98 Å². The highest BCUT2D eigenvalue weighted by Gasteiger charge is 2.15. The van der Waals surface area contributed by atoms with E-state index >= 15 is 0 Å². The second-order valence-corrected chi connectivity index (χ2v) is 7.71. The number of rotatable bonds is 3. The zero-order chi connectivity index (χ0) is 14.8. The molecule has 7 heteroatoms. The summed E-state index contributed by atoms with van der Waals surface area (Å²) >= 11 is 5.01. The third-order valence-corrected chi connectivity index (χ3v) is 6.18. The molecule has 0 fully saturated rings. The molecule has 3 aromatic rings. The minimum absolute atomic E-state index is 0.592. The van der Waals surface area contributed by atoms with Crippen LogP contribution in [0.2, 0.25) is 0 Å². The van der Waals surface area contributed by atoms with E-state index in [1.165, 1.54) is 5.56 Å².